The molecule has 0 radical (unpaired) electrons. The highest BCUT2D eigenvalue weighted by Crippen LogP contribution is 2.30. The Bertz CT molecular complexity index is 456. The van der Waals surface area contributed by atoms with E-state index in [0.29, 0.717) is 0 Å². The molecule has 0 aliphatic heterocycles. The summed E-state index contributed by atoms with van der Waals surface area (Å²) in [6.45, 7) is 0. The number of allylic oxidation sites excluding steroid dienone is 5. The molecule has 1 atom stereocenters. The maximum Gasteiger partial charge on any atom is 0.118 e. The molecule has 1 nitrogen and oxygen atoms in total. The van der Waals surface area contributed by atoms with E-state index in [-0.39, 0.29) is 4.32 Å². The van der Waals surface area contributed by atoms with Gasteiger partial charge in [0.2, 0.25) is 0 Å². The van der Waals surface area contributed by atoms with Crippen molar-refractivity contribution in [2.24, 2.45) is 0 Å². The predicted molar refractivity (Wildman–Crippen MR) is 76.6 cm³/mol. The summed E-state index contributed by atoms with van der Waals surface area (Å²) in [6.07, 6.45) is 13.7. The lowest BCUT2D eigenvalue weighted by Crippen LogP contribution is -2.13. The van der Waals surface area contributed by atoms with Crippen molar-refractivity contribution >= 4 is 22.0 Å². The van der Waals surface area contributed by atoms with Crippen LogP contribution in [0.2, 0.25) is 0 Å². The second-order valence-corrected chi connectivity index (χ2v) is 5.50. The Morgan fingerprint density at radius 2 is 2.00 bits per heavy atom. The molecule has 0 fully saturated rings. The van der Waals surface area contributed by atoms with Crippen molar-refractivity contribution in [1.82, 2.24) is 0 Å². The van der Waals surface area contributed by atoms with E-state index in [0.717, 1.165) is 12.2 Å². The van der Waals surface area contributed by atoms with Crippen LogP contribution in [-0.2, 0) is 0 Å². The average molecular weight is 291 g/mol. The molecule has 0 N–H and O–H groups in total. The fourth-order valence-corrected chi connectivity index (χ4v) is 2.16. The van der Waals surface area contributed by atoms with Crippen LogP contribution in [0, 0.1) is 0 Å². The van der Waals surface area contributed by atoms with E-state index in [1.165, 1.54) is 5.56 Å². The minimum absolute atomic E-state index is 0.0400. The molecule has 0 saturated carbocycles. The number of methoxy groups -OCH3 is 1. The number of ether oxygens (including phenoxy) is 1. The molecule has 0 amide bonds. The summed E-state index contributed by atoms with van der Waals surface area (Å²) in [5.74, 6) is 0.885. The average Bonchev–Trinajstić information content (AvgIpc) is 2.38. The molecule has 0 aromatic heterocycles. The van der Waals surface area contributed by atoms with Crippen molar-refractivity contribution in [2.45, 2.75) is 10.7 Å². The number of alkyl halides is 1. The topological polar surface area (TPSA) is 9.23 Å². The number of hydrogen-bond donors (Lipinski definition) is 0. The molecule has 2 heteroatoms. The largest absolute Gasteiger partial charge is 0.497 e. The van der Waals surface area contributed by atoms with Crippen LogP contribution in [0.5, 0.6) is 5.75 Å². The number of halogens is 1. The van der Waals surface area contributed by atoms with Crippen LogP contribution in [0.1, 0.15) is 12.0 Å². The zero-order chi connectivity index (χ0) is 12.1. The van der Waals surface area contributed by atoms with Crippen LogP contribution in [0.3, 0.4) is 0 Å². The van der Waals surface area contributed by atoms with E-state index in [9.17, 15) is 0 Å². The quantitative estimate of drug-likeness (QED) is 0.752. The zero-order valence-corrected chi connectivity index (χ0v) is 11.4. The molecular weight excluding hydrogens is 276 g/mol. The summed E-state index contributed by atoms with van der Waals surface area (Å²) in [7, 11) is 1.68. The van der Waals surface area contributed by atoms with Gasteiger partial charge in [-0.15, -0.1) is 0 Å². The van der Waals surface area contributed by atoms with Crippen LogP contribution in [0.25, 0.3) is 6.08 Å². The maximum absolute atomic E-state index is 5.13. The fourth-order valence-electron chi connectivity index (χ4n) is 1.68. The first-order valence-corrected chi connectivity index (χ1v) is 6.38. The van der Waals surface area contributed by atoms with Gasteiger partial charge in [0.25, 0.3) is 0 Å². The van der Waals surface area contributed by atoms with Gasteiger partial charge in [-0.1, -0.05) is 64.5 Å². The van der Waals surface area contributed by atoms with Crippen molar-refractivity contribution in [3.63, 3.8) is 0 Å². The lowest BCUT2D eigenvalue weighted by molar-refractivity contribution is 0.415. The van der Waals surface area contributed by atoms with Gasteiger partial charge in [-0.3, -0.25) is 0 Å². The van der Waals surface area contributed by atoms with Crippen molar-refractivity contribution in [1.29, 1.82) is 0 Å². The molecule has 1 unspecified atom stereocenters. The Balaban J connectivity index is 2.09. The monoisotopic (exact) mass is 290 g/mol. The molecule has 1 aliphatic carbocycles. The first kappa shape index (κ1) is 12.2. The predicted octanol–water partition coefficient (Wildman–Crippen LogP) is 4.36. The third-order valence-corrected chi connectivity index (χ3v) is 3.57. The summed E-state index contributed by atoms with van der Waals surface area (Å²) in [5, 5.41) is 0. The third-order valence-electron chi connectivity index (χ3n) is 2.72. The summed E-state index contributed by atoms with van der Waals surface area (Å²) < 4.78 is 5.09. The number of rotatable bonds is 3. The van der Waals surface area contributed by atoms with Gasteiger partial charge in [0, 0.05) is 0 Å². The molecular formula is C15H15BrO. The van der Waals surface area contributed by atoms with Crippen LogP contribution in [0.4, 0.5) is 0 Å². The smallest absolute Gasteiger partial charge is 0.118 e. The molecule has 0 heterocycles. The van der Waals surface area contributed by atoms with Crippen molar-refractivity contribution in [3.8, 4) is 5.75 Å². The molecule has 1 aromatic carbocycles. The second kappa shape index (κ2) is 5.37. The van der Waals surface area contributed by atoms with Crippen molar-refractivity contribution in [3.05, 3.63) is 60.2 Å². The van der Waals surface area contributed by atoms with E-state index in [2.05, 4.69) is 52.4 Å². The van der Waals surface area contributed by atoms with E-state index in [1.807, 2.05) is 24.3 Å². The van der Waals surface area contributed by atoms with Gasteiger partial charge in [-0.05, 0) is 24.1 Å². The Labute approximate surface area is 111 Å². The van der Waals surface area contributed by atoms with Crippen molar-refractivity contribution in [2.75, 3.05) is 7.11 Å². The molecule has 17 heavy (non-hydrogen) atoms. The summed E-state index contributed by atoms with van der Waals surface area (Å²) in [4.78, 5) is 0. The summed E-state index contributed by atoms with van der Waals surface area (Å²) in [5.41, 5.74) is 1.17. The lowest BCUT2D eigenvalue weighted by Gasteiger charge is -2.19. The van der Waals surface area contributed by atoms with E-state index in [4.69, 9.17) is 4.74 Å². The highest BCUT2D eigenvalue weighted by Gasteiger charge is 2.18. The van der Waals surface area contributed by atoms with Gasteiger partial charge in [-0.2, -0.15) is 0 Å². The number of benzene rings is 1. The van der Waals surface area contributed by atoms with Crippen LogP contribution < -0.4 is 4.74 Å². The molecule has 2 rings (SSSR count). The third kappa shape index (κ3) is 3.34. The fraction of sp³-hybridized carbons (Fsp3) is 0.200. The SMILES string of the molecule is COc1ccc(/C=C/C2(Br)C=CC=CC2)cc1. The molecule has 0 saturated heterocycles. The van der Waals surface area contributed by atoms with E-state index >= 15 is 0 Å². The van der Waals surface area contributed by atoms with Gasteiger partial charge < -0.3 is 4.74 Å². The Morgan fingerprint density at radius 1 is 1.24 bits per heavy atom. The van der Waals surface area contributed by atoms with Crippen LogP contribution >= 0.6 is 15.9 Å². The second-order valence-electron chi connectivity index (χ2n) is 4.02. The van der Waals surface area contributed by atoms with Gasteiger partial charge in [-0.25, -0.2) is 0 Å². The molecule has 0 spiro atoms. The Kier molecular flexibility index (Phi) is 3.85. The van der Waals surface area contributed by atoms with Gasteiger partial charge in [0.05, 0.1) is 11.4 Å². The Morgan fingerprint density at radius 3 is 2.59 bits per heavy atom. The Hall–Kier alpha value is -1.28. The summed E-state index contributed by atoms with van der Waals surface area (Å²) in [6, 6.07) is 8.04. The first-order chi connectivity index (χ1) is 8.22. The minimum Gasteiger partial charge on any atom is -0.497 e. The molecule has 1 aliphatic rings. The van der Waals surface area contributed by atoms with Gasteiger partial charge >= 0.3 is 0 Å². The highest BCUT2D eigenvalue weighted by molar-refractivity contribution is 9.10. The molecule has 88 valence electrons. The molecule has 0 bridgehead atoms. The molecule has 1 aromatic rings. The number of hydrogen-bond acceptors (Lipinski definition) is 1. The van der Waals surface area contributed by atoms with Gasteiger partial charge in [0.1, 0.15) is 5.75 Å². The van der Waals surface area contributed by atoms with Crippen molar-refractivity contribution < 1.29 is 4.74 Å². The minimum atomic E-state index is -0.0400. The lowest BCUT2D eigenvalue weighted by atomic mass is 9.99. The normalized spacial score (nSPS) is 23.2. The van der Waals surface area contributed by atoms with E-state index < -0.39 is 0 Å². The standard InChI is InChI=1S/C15H15BrO/c1-17-14-7-5-13(6-8-14)9-12-15(16)10-3-2-4-11-15/h2-10,12H,11H2,1H3/b12-9+. The van der Waals surface area contributed by atoms with Crippen LogP contribution in [0.15, 0.2) is 54.6 Å². The highest BCUT2D eigenvalue weighted by atomic mass is 79.9. The zero-order valence-electron chi connectivity index (χ0n) is 9.77. The maximum atomic E-state index is 5.13. The summed E-state index contributed by atoms with van der Waals surface area (Å²) >= 11 is 3.73. The first-order valence-electron chi connectivity index (χ1n) is 5.58. The van der Waals surface area contributed by atoms with Crippen LogP contribution in [-0.4, -0.2) is 11.4 Å². The van der Waals surface area contributed by atoms with Gasteiger partial charge in [0.15, 0.2) is 0 Å². The van der Waals surface area contributed by atoms with E-state index in [1.54, 1.807) is 7.11 Å².